The molecule has 1 aliphatic heterocycles. The van der Waals surface area contributed by atoms with E-state index in [4.69, 9.17) is 0 Å². The van der Waals surface area contributed by atoms with Crippen LogP contribution in [-0.2, 0) is 31.4 Å². The number of rotatable bonds is 6. The SMILES string of the molecule is Cc1cccc2c1N(C(=O)c1ccc(F)cc1)CCCN(Cc1ccccc1)CCCN(C(=O)CCc1cnn(C)c1)C2. The van der Waals surface area contributed by atoms with E-state index in [9.17, 15) is 14.0 Å². The van der Waals surface area contributed by atoms with Crippen LogP contribution in [-0.4, -0.2) is 57.6 Å². The number of fused-ring (bicyclic) bond motifs is 1. The zero-order valence-electron chi connectivity index (χ0n) is 25.1. The summed E-state index contributed by atoms with van der Waals surface area (Å²) >= 11 is 0. The minimum absolute atomic E-state index is 0.0828. The number of aryl methyl sites for hydroxylation is 3. The third-order valence-electron chi connectivity index (χ3n) is 8.03. The van der Waals surface area contributed by atoms with Crippen LogP contribution in [0, 0.1) is 12.7 Å². The zero-order valence-corrected chi connectivity index (χ0v) is 25.1. The third-order valence-corrected chi connectivity index (χ3v) is 8.03. The second-order valence-corrected chi connectivity index (χ2v) is 11.4. The molecule has 0 radical (unpaired) electrons. The van der Waals surface area contributed by atoms with Gasteiger partial charge in [0.2, 0.25) is 5.91 Å². The van der Waals surface area contributed by atoms with Gasteiger partial charge in [-0.1, -0.05) is 48.5 Å². The van der Waals surface area contributed by atoms with Crippen LogP contribution in [0.4, 0.5) is 10.1 Å². The molecule has 0 N–H and O–H groups in total. The average molecular weight is 582 g/mol. The number of amides is 2. The highest BCUT2D eigenvalue weighted by molar-refractivity contribution is 6.07. The summed E-state index contributed by atoms with van der Waals surface area (Å²) in [5.41, 5.74) is 5.44. The number of nitrogens with zero attached hydrogens (tertiary/aromatic N) is 5. The van der Waals surface area contributed by atoms with Crippen molar-refractivity contribution in [1.82, 2.24) is 19.6 Å². The van der Waals surface area contributed by atoms with Crippen LogP contribution < -0.4 is 4.90 Å². The smallest absolute Gasteiger partial charge is 0.258 e. The van der Waals surface area contributed by atoms with Gasteiger partial charge in [-0.2, -0.15) is 5.10 Å². The van der Waals surface area contributed by atoms with Gasteiger partial charge in [0.1, 0.15) is 5.82 Å². The Bertz CT molecular complexity index is 1520. The molecule has 8 heteroatoms. The van der Waals surface area contributed by atoms with Crippen LogP contribution in [0.2, 0.25) is 0 Å². The molecule has 0 atom stereocenters. The maximum Gasteiger partial charge on any atom is 0.258 e. The van der Waals surface area contributed by atoms with Gasteiger partial charge in [-0.15, -0.1) is 0 Å². The second kappa shape index (κ2) is 14.2. The van der Waals surface area contributed by atoms with E-state index in [1.807, 2.05) is 60.4 Å². The summed E-state index contributed by atoms with van der Waals surface area (Å²) in [4.78, 5) is 33.9. The van der Waals surface area contributed by atoms with Gasteiger partial charge in [-0.05, 0) is 72.7 Å². The highest BCUT2D eigenvalue weighted by Gasteiger charge is 2.25. The summed E-state index contributed by atoms with van der Waals surface area (Å²) in [6, 6.07) is 22.1. The molecule has 0 aliphatic carbocycles. The van der Waals surface area contributed by atoms with Crippen molar-refractivity contribution >= 4 is 17.5 Å². The summed E-state index contributed by atoms with van der Waals surface area (Å²) in [6.45, 7) is 5.99. The maximum absolute atomic E-state index is 14.0. The van der Waals surface area contributed by atoms with E-state index in [2.05, 4.69) is 34.3 Å². The minimum atomic E-state index is -0.376. The van der Waals surface area contributed by atoms with E-state index in [0.29, 0.717) is 38.0 Å². The monoisotopic (exact) mass is 581 g/mol. The molecule has 0 bridgehead atoms. The Morgan fingerprint density at radius 1 is 0.860 bits per heavy atom. The van der Waals surface area contributed by atoms with Gasteiger partial charge in [-0.25, -0.2) is 4.39 Å². The first kappa shape index (κ1) is 30.2. The first-order valence-electron chi connectivity index (χ1n) is 15.0. The average Bonchev–Trinajstić information content (AvgIpc) is 3.42. The van der Waals surface area contributed by atoms with Gasteiger partial charge < -0.3 is 9.80 Å². The lowest BCUT2D eigenvalue weighted by Gasteiger charge is -2.32. The molecule has 0 fully saturated rings. The van der Waals surface area contributed by atoms with E-state index < -0.39 is 0 Å². The van der Waals surface area contributed by atoms with Crippen molar-refractivity contribution < 1.29 is 14.0 Å². The lowest BCUT2D eigenvalue weighted by molar-refractivity contribution is -0.131. The summed E-state index contributed by atoms with van der Waals surface area (Å²) in [5, 5.41) is 4.24. The van der Waals surface area contributed by atoms with Gasteiger partial charge in [0, 0.05) is 64.5 Å². The molecule has 3 aromatic carbocycles. The fraction of sp³-hybridized carbons (Fsp3) is 0.343. The number of anilines is 1. The molecule has 0 unspecified atom stereocenters. The molecular weight excluding hydrogens is 541 g/mol. The fourth-order valence-electron chi connectivity index (χ4n) is 5.85. The predicted octanol–water partition coefficient (Wildman–Crippen LogP) is 5.77. The number of hydrogen-bond acceptors (Lipinski definition) is 4. The largest absolute Gasteiger partial charge is 0.338 e. The number of hydrogen-bond donors (Lipinski definition) is 0. The number of para-hydroxylation sites is 1. The van der Waals surface area contributed by atoms with E-state index in [0.717, 1.165) is 54.9 Å². The zero-order chi connectivity index (χ0) is 30.2. The molecule has 1 aliphatic rings. The Morgan fingerprint density at radius 2 is 1.60 bits per heavy atom. The van der Waals surface area contributed by atoms with Gasteiger partial charge in [0.15, 0.2) is 0 Å². The summed E-state index contributed by atoms with van der Waals surface area (Å²) in [7, 11) is 1.88. The van der Waals surface area contributed by atoms with Crippen molar-refractivity contribution in [3.63, 3.8) is 0 Å². The standard InChI is InChI=1S/C35H40FN5O2/c1-27-9-6-12-31-26-40(33(42)18-13-29-23-37-38(2)24-29)21-7-19-39(25-28-10-4-3-5-11-28)20-8-22-41(34(27)31)35(43)30-14-16-32(36)17-15-30/h3-6,9-12,14-17,23-24H,7-8,13,18-22,25-26H2,1-2H3. The van der Waals surface area contributed by atoms with Crippen molar-refractivity contribution in [2.45, 2.75) is 45.7 Å². The molecule has 7 nitrogen and oxygen atoms in total. The molecule has 1 aromatic heterocycles. The van der Waals surface area contributed by atoms with Crippen LogP contribution in [0.5, 0.6) is 0 Å². The molecule has 4 aromatic rings. The molecule has 5 rings (SSSR count). The van der Waals surface area contributed by atoms with Gasteiger partial charge in [-0.3, -0.25) is 19.2 Å². The van der Waals surface area contributed by atoms with E-state index in [1.165, 1.54) is 17.7 Å². The molecule has 0 saturated carbocycles. The maximum atomic E-state index is 14.0. The Labute approximate surface area is 253 Å². The summed E-state index contributed by atoms with van der Waals surface area (Å²) in [6.07, 6.45) is 6.40. The van der Waals surface area contributed by atoms with Crippen LogP contribution >= 0.6 is 0 Å². The summed E-state index contributed by atoms with van der Waals surface area (Å²) in [5.74, 6) is -0.463. The Hall–Kier alpha value is -4.30. The molecule has 2 heterocycles. The van der Waals surface area contributed by atoms with Crippen molar-refractivity contribution in [2.24, 2.45) is 7.05 Å². The molecular formula is C35H40FN5O2. The van der Waals surface area contributed by atoms with E-state index >= 15 is 0 Å². The first-order chi connectivity index (χ1) is 20.9. The van der Waals surface area contributed by atoms with Crippen LogP contribution in [0.1, 0.15) is 51.9 Å². The lowest BCUT2D eigenvalue weighted by Crippen LogP contribution is -2.39. The molecule has 2 amide bonds. The second-order valence-electron chi connectivity index (χ2n) is 11.4. The van der Waals surface area contributed by atoms with Crippen LogP contribution in [0.25, 0.3) is 0 Å². The summed E-state index contributed by atoms with van der Waals surface area (Å²) < 4.78 is 15.5. The quantitative estimate of drug-likeness (QED) is 0.290. The first-order valence-corrected chi connectivity index (χ1v) is 15.0. The van der Waals surface area contributed by atoms with Crippen molar-refractivity contribution in [2.75, 3.05) is 31.1 Å². The van der Waals surface area contributed by atoms with Crippen molar-refractivity contribution in [3.8, 4) is 0 Å². The van der Waals surface area contributed by atoms with Gasteiger partial charge >= 0.3 is 0 Å². The number of carbonyl (C=O) groups is 2. The van der Waals surface area contributed by atoms with Crippen molar-refractivity contribution in [3.05, 3.63) is 119 Å². The topological polar surface area (TPSA) is 61.7 Å². The molecule has 0 spiro atoms. The minimum Gasteiger partial charge on any atom is -0.338 e. The van der Waals surface area contributed by atoms with Crippen LogP contribution in [0.15, 0.2) is 85.2 Å². The molecule has 224 valence electrons. The number of aromatic nitrogens is 2. The highest BCUT2D eigenvalue weighted by atomic mass is 19.1. The van der Waals surface area contributed by atoms with Crippen molar-refractivity contribution in [1.29, 1.82) is 0 Å². The fourth-order valence-corrected chi connectivity index (χ4v) is 5.85. The van der Waals surface area contributed by atoms with Gasteiger partial charge in [0.05, 0.1) is 11.9 Å². The normalized spacial score (nSPS) is 15.0. The number of halogens is 1. The Morgan fingerprint density at radius 3 is 2.33 bits per heavy atom. The van der Waals surface area contributed by atoms with E-state index in [-0.39, 0.29) is 17.6 Å². The highest BCUT2D eigenvalue weighted by Crippen LogP contribution is 2.29. The molecule has 43 heavy (non-hydrogen) atoms. The van der Waals surface area contributed by atoms with Gasteiger partial charge in [0.25, 0.3) is 5.91 Å². The van der Waals surface area contributed by atoms with E-state index in [1.54, 1.807) is 16.8 Å². The predicted molar refractivity (Wildman–Crippen MR) is 167 cm³/mol. The number of benzene rings is 3. The third kappa shape index (κ3) is 7.96. The number of carbonyl (C=O) groups excluding carboxylic acids is 2. The Balaban J connectivity index is 1.46. The lowest BCUT2D eigenvalue weighted by atomic mass is 10.0. The molecule has 0 saturated heterocycles. The Kier molecular flexibility index (Phi) is 10.00. The van der Waals surface area contributed by atoms with Crippen LogP contribution in [0.3, 0.4) is 0 Å².